The highest BCUT2D eigenvalue weighted by Crippen LogP contribution is 2.41. The normalized spacial score (nSPS) is 27.4. The van der Waals surface area contributed by atoms with Crippen LogP contribution in [0, 0.1) is 5.82 Å². The second-order valence-corrected chi connectivity index (χ2v) is 4.47. The molecule has 0 saturated heterocycles. The van der Waals surface area contributed by atoms with Gasteiger partial charge in [-0.3, -0.25) is 0 Å². The summed E-state index contributed by atoms with van der Waals surface area (Å²) < 4.78 is 24.1. The molecule has 3 nitrogen and oxygen atoms in total. The van der Waals surface area contributed by atoms with Gasteiger partial charge in [-0.2, -0.15) is 0 Å². The molecule has 1 heterocycles. The first kappa shape index (κ1) is 12.3. The van der Waals surface area contributed by atoms with Crippen LogP contribution in [-0.4, -0.2) is 24.4 Å². The number of halogens is 1. The molecule has 94 valence electrons. The zero-order valence-corrected chi connectivity index (χ0v) is 10.1. The molecule has 2 rings (SSSR count). The lowest BCUT2D eigenvalue weighted by Gasteiger charge is -2.39. The second-order valence-electron chi connectivity index (χ2n) is 4.47. The van der Waals surface area contributed by atoms with Crippen LogP contribution >= 0.6 is 0 Å². The number of ether oxygens (including phenoxy) is 2. The third kappa shape index (κ3) is 2.28. The van der Waals surface area contributed by atoms with E-state index in [4.69, 9.17) is 9.47 Å². The highest BCUT2D eigenvalue weighted by atomic mass is 19.1. The highest BCUT2D eigenvalue weighted by molar-refractivity contribution is 5.38. The number of rotatable bonds is 3. The van der Waals surface area contributed by atoms with Gasteiger partial charge in [-0.1, -0.05) is 6.92 Å². The molecule has 0 bridgehead atoms. The first-order chi connectivity index (χ1) is 8.10. The molecule has 1 aromatic carbocycles. The van der Waals surface area contributed by atoms with Crippen LogP contribution in [0.5, 0.6) is 5.75 Å². The summed E-state index contributed by atoms with van der Waals surface area (Å²) in [5, 5.41) is 10.1. The van der Waals surface area contributed by atoms with Crippen molar-refractivity contribution in [2.75, 3.05) is 13.7 Å². The van der Waals surface area contributed by atoms with Crippen molar-refractivity contribution in [1.82, 2.24) is 0 Å². The first-order valence-electron chi connectivity index (χ1n) is 5.76. The van der Waals surface area contributed by atoms with Crippen LogP contribution in [-0.2, 0) is 4.74 Å². The minimum atomic E-state index is -0.630. The van der Waals surface area contributed by atoms with Gasteiger partial charge >= 0.3 is 0 Å². The maximum absolute atomic E-state index is 13.2. The Labute approximate surface area is 100 Å². The molecule has 0 radical (unpaired) electrons. The van der Waals surface area contributed by atoms with E-state index in [0.29, 0.717) is 30.8 Å². The first-order valence-corrected chi connectivity index (χ1v) is 5.76. The smallest absolute Gasteiger partial charge is 0.135 e. The summed E-state index contributed by atoms with van der Waals surface area (Å²) in [6, 6.07) is 4.22. The van der Waals surface area contributed by atoms with Crippen LogP contribution in [0.25, 0.3) is 0 Å². The molecule has 0 aliphatic carbocycles. The Morgan fingerprint density at radius 2 is 2.35 bits per heavy atom. The van der Waals surface area contributed by atoms with E-state index in [1.54, 1.807) is 13.2 Å². The Morgan fingerprint density at radius 3 is 3.00 bits per heavy atom. The number of fused-ring (bicyclic) bond motifs is 1. The van der Waals surface area contributed by atoms with E-state index >= 15 is 0 Å². The van der Waals surface area contributed by atoms with E-state index in [1.165, 1.54) is 12.1 Å². The van der Waals surface area contributed by atoms with Crippen molar-refractivity contribution in [1.29, 1.82) is 0 Å². The Kier molecular flexibility index (Phi) is 3.35. The van der Waals surface area contributed by atoms with Crippen molar-refractivity contribution < 1.29 is 19.0 Å². The van der Waals surface area contributed by atoms with Gasteiger partial charge in [0, 0.05) is 25.2 Å². The average Bonchev–Trinajstić information content (AvgIpc) is 2.28. The molecule has 0 saturated carbocycles. The van der Waals surface area contributed by atoms with Crippen LogP contribution in [0.2, 0.25) is 0 Å². The molecule has 4 heteroatoms. The van der Waals surface area contributed by atoms with Gasteiger partial charge in [0.15, 0.2) is 0 Å². The number of aliphatic hydroxyl groups excluding tert-OH is 1. The summed E-state index contributed by atoms with van der Waals surface area (Å²) in [4.78, 5) is 0. The lowest BCUT2D eigenvalue weighted by atomic mass is 9.87. The van der Waals surface area contributed by atoms with Gasteiger partial charge in [-0.05, 0) is 18.6 Å². The number of aliphatic hydroxyl groups is 1. The maximum atomic E-state index is 13.2. The molecular weight excluding hydrogens is 223 g/mol. The van der Waals surface area contributed by atoms with Crippen LogP contribution in [0.15, 0.2) is 18.2 Å². The molecule has 1 aliphatic heterocycles. The number of benzene rings is 1. The van der Waals surface area contributed by atoms with E-state index in [-0.39, 0.29) is 5.82 Å². The molecule has 1 aliphatic rings. The van der Waals surface area contributed by atoms with Crippen molar-refractivity contribution >= 4 is 0 Å². The fourth-order valence-corrected chi connectivity index (χ4v) is 2.28. The van der Waals surface area contributed by atoms with Crippen molar-refractivity contribution in [2.24, 2.45) is 0 Å². The zero-order valence-electron chi connectivity index (χ0n) is 10.1. The average molecular weight is 240 g/mol. The Hall–Kier alpha value is -1.13. The molecule has 1 aromatic rings. The largest absolute Gasteiger partial charge is 0.484 e. The minimum Gasteiger partial charge on any atom is -0.484 e. The minimum absolute atomic E-state index is 0.361. The molecule has 0 fully saturated rings. The Morgan fingerprint density at radius 1 is 1.59 bits per heavy atom. The molecule has 0 aromatic heterocycles. The lowest BCUT2D eigenvalue weighted by molar-refractivity contribution is -0.0628. The van der Waals surface area contributed by atoms with Gasteiger partial charge in [-0.25, -0.2) is 4.39 Å². The fraction of sp³-hybridized carbons (Fsp3) is 0.538. The van der Waals surface area contributed by atoms with Crippen molar-refractivity contribution in [3.8, 4) is 5.75 Å². The molecule has 2 atom stereocenters. The monoisotopic (exact) mass is 240 g/mol. The van der Waals surface area contributed by atoms with Crippen LogP contribution in [0.1, 0.15) is 31.4 Å². The van der Waals surface area contributed by atoms with Crippen molar-refractivity contribution in [3.63, 3.8) is 0 Å². The summed E-state index contributed by atoms with van der Waals surface area (Å²) >= 11 is 0. The second kappa shape index (κ2) is 4.63. The van der Waals surface area contributed by atoms with E-state index in [2.05, 4.69) is 0 Å². The Bertz CT molecular complexity index is 408. The number of hydrogen-bond donors (Lipinski definition) is 1. The SMILES string of the molecule is CCC1(COC)C[C@@H](O)c2ccc(F)cc2O1. The summed E-state index contributed by atoms with van der Waals surface area (Å²) in [6.45, 7) is 2.35. The van der Waals surface area contributed by atoms with Gasteiger partial charge in [0.05, 0.1) is 12.7 Å². The van der Waals surface area contributed by atoms with Crippen molar-refractivity contribution in [3.05, 3.63) is 29.6 Å². The zero-order chi connectivity index (χ0) is 12.5. The van der Waals surface area contributed by atoms with Gasteiger partial charge < -0.3 is 14.6 Å². The van der Waals surface area contributed by atoms with Crippen molar-refractivity contribution in [2.45, 2.75) is 31.5 Å². The van der Waals surface area contributed by atoms with Crippen LogP contribution < -0.4 is 4.74 Å². The highest BCUT2D eigenvalue weighted by Gasteiger charge is 2.39. The Balaban J connectivity index is 2.36. The van der Waals surface area contributed by atoms with Gasteiger partial charge in [0.25, 0.3) is 0 Å². The topological polar surface area (TPSA) is 38.7 Å². The van der Waals surface area contributed by atoms with Gasteiger partial charge in [-0.15, -0.1) is 0 Å². The number of hydrogen-bond acceptors (Lipinski definition) is 3. The fourth-order valence-electron chi connectivity index (χ4n) is 2.28. The summed E-state index contributed by atoms with van der Waals surface area (Å²) in [5.74, 6) is 0.0583. The summed E-state index contributed by atoms with van der Waals surface area (Å²) in [6.07, 6.45) is 0.540. The number of methoxy groups -OCH3 is 1. The van der Waals surface area contributed by atoms with E-state index < -0.39 is 11.7 Å². The summed E-state index contributed by atoms with van der Waals surface area (Å²) in [7, 11) is 1.59. The van der Waals surface area contributed by atoms with E-state index in [9.17, 15) is 9.50 Å². The third-order valence-electron chi connectivity index (χ3n) is 3.28. The van der Waals surface area contributed by atoms with Gasteiger partial charge in [0.1, 0.15) is 17.2 Å². The van der Waals surface area contributed by atoms with E-state index in [0.717, 1.165) is 0 Å². The third-order valence-corrected chi connectivity index (χ3v) is 3.28. The van der Waals surface area contributed by atoms with E-state index in [1.807, 2.05) is 6.92 Å². The molecule has 17 heavy (non-hydrogen) atoms. The van der Waals surface area contributed by atoms with Gasteiger partial charge in [0.2, 0.25) is 0 Å². The maximum Gasteiger partial charge on any atom is 0.135 e. The van der Waals surface area contributed by atoms with Crippen LogP contribution in [0.4, 0.5) is 4.39 Å². The quantitative estimate of drug-likeness (QED) is 0.882. The molecule has 1 unspecified atom stereocenters. The molecule has 0 amide bonds. The molecule has 0 spiro atoms. The summed E-state index contributed by atoms with van der Waals surface area (Å²) in [5.41, 5.74) is 0.0844. The van der Waals surface area contributed by atoms with Crippen LogP contribution in [0.3, 0.4) is 0 Å². The predicted molar refractivity (Wildman–Crippen MR) is 61.5 cm³/mol. The predicted octanol–water partition coefficient (Wildman–Crippen LogP) is 2.44. The molecular formula is C13H17FO3. The molecule has 1 N–H and O–H groups in total. The standard InChI is InChI=1S/C13H17FO3/c1-3-13(8-16-2)7-11(15)10-5-4-9(14)6-12(10)17-13/h4-6,11,15H,3,7-8H2,1-2H3/t11-,13?/m1/s1. The lowest BCUT2D eigenvalue weighted by Crippen LogP contribution is -2.44.